The van der Waals surface area contributed by atoms with Crippen LogP contribution in [-0.2, 0) is 6.61 Å². The van der Waals surface area contributed by atoms with Crippen LogP contribution >= 0.6 is 0 Å². The van der Waals surface area contributed by atoms with Crippen LogP contribution in [0.4, 0.5) is 5.82 Å². The Kier molecular flexibility index (Phi) is 4.47. The maximum atomic E-state index is 6.01. The zero-order valence-electron chi connectivity index (χ0n) is 17.5. The number of H-pyrrole nitrogens is 2. The van der Waals surface area contributed by atoms with Crippen LogP contribution in [0.1, 0.15) is 5.69 Å². The summed E-state index contributed by atoms with van der Waals surface area (Å²) in [7, 11) is 0. The highest BCUT2D eigenvalue weighted by Gasteiger charge is 2.12. The van der Waals surface area contributed by atoms with Gasteiger partial charge in [-0.3, -0.25) is 10.1 Å². The molecular weight excluding hydrogens is 414 g/mol. The van der Waals surface area contributed by atoms with Crippen LogP contribution in [0.15, 0.2) is 79.3 Å². The van der Waals surface area contributed by atoms with Gasteiger partial charge >= 0.3 is 0 Å². The van der Waals surface area contributed by atoms with E-state index in [1.54, 1.807) is 18.6 Å². The predicted octanol–water partition coefficient (Wildman–Crippen LogP) is 4.72. The van der Waals surface area contributed by atoms with Crippen molar-refractivity contribution in [1.82, 2.24) is 30.1 Å². The number of nitrogen functional groups attached to an aromatic ring is 1. The van der Waals surface area contributed by atoms with E-state index in [1.165, 1.54) is 0 Å². The molecule has 0 atom stereocenters. The molecular formula is C25H19N7O. The Morgan fingerprint density at radius 2 is 1.76 bits per heavy atom. The van der Waals surface area contributed by atoms with E-state index in [9.17, 15) is 0 Å². The quantitative estimate of drug-likeness (QED) is 0.362. The van der Waals surface area contributed by atoms with Crippen molar-refractivity contribution in [3.05, 3.63) is 84.9 Å². The molecule has 5 aromatic heterocycles. The number of hydrogen-bond donors (Lipinski definition) is 3. The van der Waals surface area contributed by atoms with E-state index >= 15 is 0 Å². The second-order valence-corrected chi connectivity index (χ2v) is 7.67. The van der Waals surface area contributed by atoms with E-state index in [1.807, 2.05) is 48.5 Å². The van der Waals surface area contributed by atoms with E-state index in [0.29, 0.717) is 18.3 Å². The Morgan fingerprint density at radius 1 is 0.818 bits per heavy atom. The van der Waals surface area contributed by atoms with Crippen molar-refractivity contribution in [1.29, 1.82) is 0 Å². The second-order valence-electron chi connectivity index (χ2n) is 7.67. The van der Waals surface area contributed by atoms with Crippen LogP contribution in [-0.4, -0.2) is 30.1 Å². The van der Waals surface area contributed by atoms with Gasteiger partial charge in [-0.2, -0.15) is 5.10 Å². The van der Waals surface area contributed by atoms with Gasteiger partial charge in [0.15, 0.2) is 5.82 Å². The molecule has 6 aromatic rings. The lowest BCUT2D eigenvalue weighted by Gasteiger charge is -2.06. The highest BCUT2D eigenvalue weighted by atomic mass is 16.5. The number of nitrogens with two attached hydrogens (primary N) is 1. The highest BCUT2D eigenvalue weighted by Crippen LogP contribution is 2.33. The average molecular weight is 433 g/mol. The molecule has 160 valence electrons. The van der Waals surface area contributed by atoms with Gasteiger partial charge in [0.05, 0.1) is 11.2 Å². The van der Waals surface area contributed by atoms with Gasteiger partial charge in [0.25, 0.3) is 0 Å². The van der Waals surface area contributed by atoms with Crippen LogP contribution in [0, 0.1) is 0 Å². The summed E-state index contributed by atoms with van der Waals surface area (Å²) in [6.07, 6.45) is 5.28. The first kappa shape index (κ1) is 19.0. The number of fused-ring (bicyclic) bond motifs is 2. The van der Waals surface area contributed by atoms with Crippen molar-refractivity contribution >= 4 is 27.8 Å². The van der Waals surface area contributed by atoms with E-state index < -0.39 is 0 Å². The predicted molar refractivity (Wildman–Crippen MR) is 127 cm³/mol. The molecule has 5 heterocycles. The molecule has 4 N–H and O–H groups in total. The number of nitrogens with one attached hydrogen (secondary N) is 2. The Hall–Kier alpha value is -4.72. The first-order chi connectivity index (χ1) is 16.2. The maximum Gasteiger partial charge on any atom is 0.214 e. The Labute approximate surface area is 188 Å². The van der Waals surface area contributed by atoms with Crippen molar-refractivity contribution in [2.75, 3.05) is 5.73 Å². The molecule has 8 heteroatoms. The number of nitrogens with zero attached hydrogens (tertiary/aromatic N) is 4. The average Bonchev–Trinajstić information content (AvgIpc) is 3.47. The molecule has 0 unspecified atom stereocenters. The van der Waals surface area contributed by atoms with Crippen LogP contribution in [0.2, 0.25) is 0 Å². The van der Waals surface area contributed by atoms with Gasteiger partial charge < -0.3 is 15.5 Å². The topological polar surface area (TPSA) is 118 Å². The molecule has 0 saturated carbocycles. The van der Waals surface area contributed by atoms with Crippen LogP contribution in [0.25, 0.3) is 44.3 Å². The third-order valence-electron chi connectivity index (χ3n) is 5.58. The number of aromatic amines is 2. The van der Waals surface area contributed by atoms with E-state index in [-0.39, 0.29) is 0 Å². The van der Waals surface area contributed by atoms with Gasteiger partial charge in [-0.05, 0) is 53.6 Å². The Bertz CT molecular complexity index is 1590. The molecule has 0 spiro atoms. The molecule has 1 aromatic carbocycles. The van der Waals surface area contributed by atoms with Gasteiger partial charge in [-0.1, -0.05) is 12.1 Å². The van der Waals surface area contributed by atoms with Gasteiger partial charge in [0, 0.05) is 46.7 Å². The fourth-order valence-corrected chi connectivity index (χ4v) is 3.92. The van der Waals surface area contributed by atoms with E-state index in [0.717, 1.165) is 50.0 Å². The summed E-state index contributed by atoms with van der Waals surface area (Å²) in [5.74, 6) is 1.02. The summed E-state index contributed by atoms with van der Waals surface area (Å²) in [6.45, 7) is 0.356. The fourth-order valence-electron chi connectivity index (χ4n) is 3.92. The van der Waals surface area contributed by atoms with Gasteiger partial charge in [-0.15, -0.1) is 0 Å². The van der Waals surface area contributed by atoms with Crippen molar-refractivity contribution in [3.8, 4) is 28.3 Å². The third kappa shape index (κ3) is 3.53. The summed E-state index contributed by atoms with van der Waals surface area (Å²) in [5.41, 5.74) is 12.6. The van der Waals surface area contributed by atoms with Crippen molar-refractivity contribution in [3.63, 3.8) is 0 Å². The zero-order valence-corrected chi connectivity index (χ0v) is 17.5. The van der Waals surface area contributed by atoms with E-state index in [2.05, 4.69) is 42.3 Å². The summed E-state index contributed by atoms with van der Waals surface area (Å²) in [6, 6.07) is 19.8. The molecule has 0 aliphatic rings. The van der Waals surface area contributed by atoms with Gasteiger partial charge in [0.1, 0.15) is 12.3 Å². The molecule has 6 rings (SSSR count). The number of pyridine rings is 3. The minimum atomic E-state index is 0.356. The molecule has 0 radical (unpaired) electrons. The van der Waals surface area contributed by atoms with Crippen LogP contribution < -0.4 is 10.5 Å². The first-order valence-corrected chi connectivity index (χ1v) is 10.5. The highest BCUT2D eigenvalue weighted by molar-refractivity contribution is 5.99. The minimum absolute atomic E-state index is 0.356. The van der Waals surface area contributed by atoms with Crippen molar-refractivity contribution < 1.29 is 4.74 Å². The lowest BCUT2D eigenvalue weighted by atomic mass is 10.0. The first-order valence-electron chi connectivity index (χ1n) is 10.5. The molecule has 0 saturated heterocycles. The van der Waals surface area contributed by atoms with Crippen molar-refractivity contribution in [2.45, 2.75) is 6.61 Å². The van der Waals surface area contributed by atoms with Gasteiger partial charge in [0.2, 0.25) is 5.88 Å². The smallest absolute Gasteiger partial charge is 0.214 e. The summed E-state index contributed by atoms with van der Waals surface area (Å²) < 4.78 is 5.84. The number of ether oxygens (including phenoxy) is 1. The minimum Gasteiger partial charge on any atom is -0.471 e. The standard InChI is InChI=1S/C25H19N7O/c26-24-20-11-15(4-5-21(20)31-32-24)18-7-10-29-25-19(18)13-22(30-25)16-6-9-28-23(12-16)33-14-17-3-1-2-8-27-17/h1-13H,14H2,(H,29,30)(H3,26,31,32). The molecule has 0 aliphatic carbocycles. The number of hydrogen-bond acceptors (Lipinski definition) is 6. The lowest BCUT2D eigenvalue weighted by molar-refractivity contribution is 0.289. The molecule has 8 nitrogen and oxygen atoms in total. The van der Waals surface area contributed by atoms with E-state index in [4.69, 9.17) is 10.5 Å². The SMILES string of the molecule is Nc1n[nH]c2ccc(-c3ccnc4[nH]c(-c5ccnc(OCc6ccccn6)c5)cc34)cc12. The lowest BCUT2D eigenvalue weighted by Crippen LogP contribution is -1.99. The molecule has 0 fully saturated rings. The largest absolute Gasteiger partial charge is 0.471 e. The molecule has 0 aliphatic heterocycles. The molecule has 0 bridgehead atoms. The monoisotopic (exact) mass is 433 g/mol. The number of anilines is 1. The summed E-state index contributed by atoms with van der Waals surface area (Å²) >= 11 is 0. The normalized spacial score (nSPS) is 11.3. The number of rotatable bonds is 5. The van der Waals surface area contributed by atoms with Crippen molar-refractivity contribution in [2.24, 2.45) is 0 Å². The Morgan fingerprint density at radius 3 is 2.67 bits per heavy atom. The summed E-state index contributed by atoms with van der Waals surface area (Å²) in [4.78, 5) is 16.6. The Balaban J connectivity index is 1.35. The third-order valence-corrected chi connectivity index (χ3v) is 5.58. The van der Waals surface area contributed by atoms with Crippen LogP contribution in [0.5, 0.6) is 5.88 Å². The van der Waals surface area contributed by atoms with Gasteiger partial charge in [-0.25, -0.2) is 9.97 Å². The molecule has 33 heavy (non-hydrogen) atoms. The number of benzene rings is 1. The summed E-state index contributed by atoms with van der Waals surface area (Å²) in [5, 5.41) is 8.95. The van der Waals surface area contributed by atoms with Crippen LogP contribution in [0.3, 0.4) is 0 Å². The molecule has 0 amide bonds. The fraction of sp³-hybridized carbons (Fsp3) is 0.0400. The maximum absolute atomic E-state index is 6.01. The zero-order chi connectivity index (χ0) is 22.2. The number of aromatic nitrogens is 6. The second kappa shape index (κ2) is 7.76.